The number of allylic oxidation sites excluding steroid dienone is 2. The summed E-state index contributed by atoms with van der Waals surface area (Å²) in [6.07, 6.45) is 12.8. The van der Waals surface area contributed by atoms with Gasteiger partial charge in [0.25, 0.3) is 0 Å². The predicted molar refractivity (Wildman–Crippen MR) is 165 cm³/mol. The van der Waals surface area contributed by atoms with E-state index in [1.165, 1.54) is 11.8 Å². The molecule has 0 unspecified atom stereocenters. The quantitative estimate of drug-likeness (QED) is 0.160. The lowest BCUT2D eigenvalue weighted by Crippen LogP contribution is -2.22. The molecule has 2 fully saturated rings. The Kier molecular flexibility index (Phi) is 10.2. The van der Waals surface area contributed by atoms with E-state index < -0.39 is 0 Å². The van der Waals surface area contributed by atoms with Gasteiger partial charge in [0.05, 0.1) is 23.3 Å². The number of terminal acetylenes is 1. The van der Waals surface area contributed by atoms with Gasteiger partial charge in [0.15, 0.2) is 0 Å². The van der Waals surface area contributed by atoms with Gasteiger partial charge in [0, 0.05) is 30.2 Å². The Bertz CT molecular complexity index is 1340. The largest absolute Gasteiger partial charge is 0.404 e. The van der Waals surface area contributed by atoms with Gasteiger partial charge in [-0.1, -0.05) is 74.0 Å². The molecule has 0 heterocycles. The number of benzene rings is 2. The molecule has 0 radical (unpaired) electrons. The minimum atomic E-state index is -0.300. The summed E-state index contributed by atoms with van der Waals surface area (Å²) in [5, 5.41) is 6.39. The van der Waals surface area contributed by atoms with Crippen molar-refractivity contribution in [2.45, 2.75) is 57.5 Å². The zero-order chi connectivity index (χ0) is 28.6. The fourth-order valence-electron chi connectivity index (χ4n) is 3.94. The molecule has 4 N–H and O–H groups in total. The Balaban J connectivity index is 0.000000216. The molecule has 0 aromatic heterocycles. The summed E-state index contributed by atoms with van der Waals surface area (Å²) in [7, 11) is 0. The van der Waals surface area contributed by atoms with Crippen molar-refractivity contribution in [2.75, 3.05) is 6.54 Å². The highest BCUT2D eigenvalue weighted by Gasteiger charge is 2.41. The average Bonchev–Trinajstić information content (AvgIpc) is 3.86. The lowest BCUT2D eigenvalue weighted by molar-refractivity contribution is 0.586. The maximum Gasteiger partial charge on any atom is 0.145 e. The Morgan fingerprint density at radius 2 is 1.87 bits per heavy atom. The third kappa shape index (κ3) is 8.37. The van der Waals surface area contributed by atoms with Crippen LogP contribution in [0.5, 0.6) is 0 Å². The van der Waals surface area contributed by atoms with E-state index in [-0.39, 0.29) is 16.3 Å². The van der Waals surface area contributed by atoms with Crippen molar-refractivity contribution in [3.63, 3.8) is 0 Å². The molecule has 2 saturated carbocycles. The minimum Gasteiger partial charge on any atom is -0.404 e. The Morgan fingerprint density at radius 3 is 2.46 bits per heavy atom. The molecule has 0 bridgehead atoms. The van der Waals surface area contributed by atoms with Crippen LogP contribution in [0.2, 0.25) is 5.02 Å². The third-order valence-electron chi connectivity index (χ3n) is 6.90. The summed E-state index contributed by atoms with van der Waals surface area (Å²) < 4.78 is 14.2. The standard InChI is InChI=1S/C17H20N2.C16H18ClFN2/c1-6-11-18-14(4)15(5)19-12-16-9-7-8-10-17(16)13(2)3;1-16(4-5-16)13-6-10(7-14(17)15(13)18)11(8-19)9-20-12-2-3-12/h1,7-10,18-19H,2,4-5,11-12H2,3H3;6-9,12H,2-5,19H2,1H3/b;11-8+,20-9?. The van der Waals surface area contributed by atoms with E-state index in [9.17, 15) is 4.39 Å². The minimum absolute atomic E-state index is 0.0723. The van der Waals surface area contributed by atoms with Crippen LogP contribution in [-0.4, -0.2) is 18.8 Å². The van der Waals surface area contributed by atoms with Crippen molar-refractivity contribution in [3.8, 4) is 12.3 Å². The van der Waals surface area contributed by atoms with Crippen molar-refractivity contribution in [1.29, 1.82) is 0 Å². The summed E-state index contributed by atoms with van der Waals surface area (Å²) in [5.74, 6) is 2.20. The first-order chi connectivity index (χ1) is 18.6. The number of halogens is 2. The van der Waals surface area contributed by atoms with Crippen LogP contribution in [0.1, 0.15) is 61.8 Å². The number of nitrogens with zero attached hydrogens (tertiary/aromatic N) is 1. The van der Waals surface area contributed by atoms with Crippen LogP contribution in [0.25, 0.3) is 11.1 Å². The first kappa shape index (κ1) is 29.8. The maximum absolute atomic E-state index is 14.2. The van der Waals surface area contributed by atoms with Crippen LogP contribution >= 0.6 is 11.6 Å². The van der Waals surface area contributed by atoms with Crippen LogP contribution in [0.4, 0.5) is 4.39 Å². The SMILES string of the molecule is C#CCNC(=C)C(=C)NCc1ccccc1C(=C)C.CC1(c2cc(/C(C=NC3CC3)=C/N)cc(Cl)c2F)CC1. The second-order valence-corrected chi connectivity index (χ2v) is 10.7. The Morgan fingerprint density at radius 1 is 1.21 bits per heavy atom. The van der Waals surface area contributed by atoms with Gasteiger partial charge < -0.3 is 16.4 Å². The van der Waals surface area contributed by atoms with Crippen molar-refractivity contribution < 1.29 is 4.39 Å². The average molecular weight is 545 g/mol. The topological polar surface area (TPSA) is 62.4 Å². The molecule has 4 rings (SSSR count). The predicted octanol–water partition coefficient (Wildman–Crippen LogP) is 7.12. The molecule has 2 aromatic carbocycles. The summed E-state index contributed by atoms with van der Waals surface area (Å²) in [5.41, 5.74) is 12.8. The monoisotopic (exact) mass is 544 g/mol. The van der Waals surface area contributed by atoms with Gasteiger partial charge >= 0.3 is 0 Å². The van der Waals surface area contributed by atoms with Crippen molar-refractivity contribution in [1.82, 2.24) is 10.6 Å². The molecular formula is C33H38ClFN4. The molecule has 4 nitrogen and oxygen atoms in total. The molecule has 39 heavy (non-hydrogen) atoms. The Hall–Kier alpha value is -3.75. The van der Waals surface area contributed by atoms with Crippen LogP contribution in [0.15, 0.2) is 78.7 Å². The molecule has 204 valence electrons. The second-order valence-electron chi connectivity index (χ2n) is 10.3. The molecule has 2 aromatic rings. The number of nitrogens with two attached hydrogens (primary N) is 1. The van der Waals surface area contributed by atoms with E-state index in [0.717, 1.165) is 53.7 Å². The van der Waals surface area contributed by atoms with Crippen molar-refractivity contribution in [3.05, 3.63) is 107 Å². The summed E-state index contributed by atoms with van der Waals surface area (Å²) in [6, 6.07) is 12.1. The van der Waals surface area contributed by atoms with Crippen molar-refractivity contribution >= 4 is 29.0 Å². The number of hydrogen-bond donors (Lipinski definition) is 3. The zero-order valence-corrected chi connectivity index (χ0v) is 23.7. The van der Waals surface area contributed by atoms with E-state index in [2.05, 4.69) is 60.3 Å². The smallest absolute Gasteiger partial charge is 0.145 e. The summed E-state index contributed by atoms with van der Waals surface area (Å²) in [4.78, 5) is 4.43. The van der Waals surface area contributed by atoms with E-state index in [1.807, 2.05) is 25.1 Å². The highest BCUT2D eigenvalue weighted by Crippen LogP contribution is 2.49. The summed E-state index contributed by atoms with van der Waals surface area (Å²) in [6.45, 7) is 17.0. The highest BCUT2D eigenvalue weighted by atomic mass is 35.5. The normalized spacial score (nSPS) is 15.5. The highest BCUT2D eigenvalue weighted by molar-refractivity contribution is 6.31. The van der Waals surface area contributed by atoms with E-state index in [1.54, 1.807) is 12.3 Å². The second kappa shape index (κ2) is 13.4. The van der Waals surface area contributed by atoms with Crippen LogP contribution in [-0.2, 0) is 12.0 Å². The van der Waals surface area contributed by atoms with Gasteiger partial charge in [0.2, 0.25) is 0 Å². The lowest BCUT2D eigenvalue weighted by Gasteiger charge is -2.15. The zero-order valence-electron chi connectivity index (χ0n) is 22.9. The fourth-order valence-corrected chi connectivity index (χ4v) is 4.16. The van der Waals surface area contributed by atoms with Gasteiger partial charge in [-0.05, 0) is 72.4 Å². The van der Waals surface area contributed by atoms with Gasteiger partial charge in [-0.3, -0.25) is 4.99 Å². The molecular weight excluding hydrogens is 507 g/mol. The van der Waals surface area contributed by atoms with Crippen LogP contribution in [0, 0.1) is 18.2 Å². The number of hydrogen-bond acceptors (Lipinski definition) is 4. The van der Waals surface area contributed by atoms with Crippen molar-refractivity contribution in [2.24, 2.45) is 10.7 Å². The first-order valence-electron chi connectivity index (χ1n) is 13.1. The van der Waals surface area contributed by atoms with Gasteiger partial charge in [-0.15, -0.1) is 6.42 Å². The maximum atomic E-state index is 14.2. The third-order valence-corrected chi connectivity index (χ3v) is 7.18. The molecule has 0 atom stereocenters. The van der Waals surface area contributed by atoms with Crippen LogP contribution < -0.4 is 16.4 Å². The lowest BCUT2D eigenvalue weighted by atomic mass is 9.94. The number of rotatable bonds is 11. The molecule has 2 aliphatic carbocycles. The molecule has 2 aliphatic rings. The van der Waals surface area contributed by atoms with E-state index >= 15 is 0 Å². The van der Waals surface area contributed by atoms with E-state index in [4.69, 9.17) is 23.8 Å². The van der Waals surface area contributed by atoms with Gasteiger partial charge in [-0.2, -0.15) is 0 Å². The van der Waals surface area contributed by atoms with Gasteiger partial charge in [-0.25, -0.2) is 4.39 Å². The molecule has 0 amide bonds. The first-order valence-corrected chi connectivity index (χ1v) is 13.5. The molecule has 6 heteroatoms. The molecule has 0 aliphatic heterocycles. The summed E-state index contributed by atoms with van der Waals surface area (Å²) >= 11 is 6.04. The molecule has 0 spiro atoms. The van der Waals surface area contributed by atoms with E-state index in [0.29, 0.717) is 30.4 Å². The fraction of sp³-hybridized carbons (Fsp3) is 0.303. The number of aliphatic imine (C=N–C) groups is 1. The molecule has 0 saturated heterocycles. The van der Waals surface area contributed by atoms with Gasteiger partial charge in [0.1, 0.15) is 5.82 Å². The number of nitrogens with one attached hydrogen (secondary N) is 2. The Labute approximate surface area is 237 Å². The van der Waals surface area contributed by atoms with Crippen LogP contribution in [0.3, 0.4) is 0 Å².